The van der Waals surface area contributed by atoms with Crippen molar-refractivity contribution in [1.29, 1.82) is 0 Å². The molecule has 28 heavy (non-hydrogen) atoms. The van der Waals surface area contributed by atoms with Gasteiger partial charge in [-0.2, -0.15) is 0 Å². The summed E-state index contributed by atoms with van der Waals surface area (Å²) in [7, 11) is 0. The highest BCUT2D eigenvalue weighted by Crippen LogP contribution is 2.33. The van der Waals surface area contributed by atoms with Gasteiger partial charge < -0.3 is 19.7 Å². The molecule has 0 bridgehead atoms. The summed E-state index contributed by atoms with van der Waals surface area (Å²) in [6.07, 6.45) is 5.90. The summed E-state index contributed by atoms with van der Waals surface area (Å²) in [5, 5.41) is 14.3. The lowest BCUT2D eigenvalue weighted by atomic mass is 10.0. The van der Waals surface area contributed by atoms with E-state index in [1.807, 2.05) is 13.0 Å². The molecule has 2 fully saturated rings. The van der Waals surface area contributed by atoms with Gasteiger partial charge in [-0.15, -0.1) is 0 Å². The molecule has 2 aliphatic rings. The second kappa shape index (κ2) is 7.64. The second-order valence-electron chi connectivity index (χ2n) is 7.94. The van der Waals surface area contributed by atoms with Crippen molar-refractivity contribution in [2.75, 3.05) is 18.5 Å². The summed E-state index contributed by atoms with van der Waals surface area (Å²) >= 11 is 0. The van der Waals surface area contributed by atoms with Crippen LogP contribution < -0.4 is 10.9 Å². The summed E-state index contributed by atoms with van der Waals surface area (Å²) in [6, 6.07) is 1.86. The number of aryl methyl sites for hydroxylation is 1. The molecule has 0 amide bonds. The van der Waals surface area contributed by atoms with Crippen LogP contribution >= 0.6 is 0 Å². The Hall–Kier alpha value is -2.25. The second-order valence-corrected chi connectivity index (χ2v) is 7.94. The predicted octanol–water partition coefficient (Wildman–Crippen LogP) is 2.58. The smallest absolute Gasteiger partial charge is 0.262 e. The molecule has 1 aliphatic heterocycles. The van der Waals surface area contributed by atoms with E-state index in [1.165, 1.54) is 6.92 Å². The van der Waals surface area contributed by atoms with Crippen LogP contribution in [0.15, 0.2) is 17.1 Å². The first-order valence-electron chi connectivity index (χ1n) is 10.1. The van der Waals surface area contributed by atoms with E-state index < -0.39 is 6.10 Å². The molecule has 2 aromatic rings. The van der Waals surface area contributed by atoms with E-state index in [4.69, 9.17) is 4.74 Å². The predicted molar refractivity (Wildman–Crippen MR) is 107 cm³/mol. The molecule has 7 nitrogen and oxygen atoms in total. The minimum Gasteiger partial charge on any atom is -0.389 e. The number of carbonyl (C=O) groups is 1. The van der Waals surface area contributed by atoms with Gasteiger partial charge in [0.1, 0.15) is 5.82 Å². The van der Waals surface area contributed by atoms with Crippen LogP contribution in [0.2, 0.25) is 0 Å². The Bertz CT molecular complexity index is 962. The van der Waals surface area contributed by atoms with Crippen molar-refractivity contribution in [3.63, 3.8) is 0 Å². The number of pyridine rings is 2. The number of hydrogen-bond donors (Lipinski definition) is 2. The lowest BCUT2D eigenvalue weighted by molar-refractivity contribution is -0.0135. The van der Waals surface area contributed by atoms with Crippen molar-refractivity contribution >= 4 is 22.5 Å². The number of ketones is 1. The number of aliphatic hydroxyl groups is 1. The van der Waals surface area contributed by atoms with Gasteiger partial charge in [0, 0.05) is 30.3 Å². The maximum Gasteiger partial charge on any atom is 0.262 e. The van der Waals surface area contributed by atoms with E-state index in [-0.39, 0.29) is 29.0 Å². The van der Waals surface area contributed by atoms with E-state index in [1.54, 1.807) is 10.8 Å². The van der Waals surface area contributed by atoms with Crippen molar-refractivity contribution in [3.8, 4) is 0 Å². The molecule has 0 spiro atoms. The summed E-state index contributed by atoms with van der Waals surface area (Å²) in [5.41, 5.74) is 1.56. The van der Waals surface area contributed by atoms with Crippen molar-refractivity contribution < 1.29 is 14.6 Å². The molecule has 7 heteroatoms. The monoisotopic (exact) mass is 385 g/mol. The highest BCUT2D eigenvalue weighted by Gasteiger charge is 2.27. The Kier molecular flexibility index (Phi) is 5.21. The third-order valence-corrected chi connectivity index (χ3v) is 6.05. The van der Waals surface area contributed by atoms with E-state index in [9.17, 15) is 14.7 Å². The van der Waals surface area contributed by atoms with Gasteiger partial charge in [-0.3, -0.25) is 9.59 Å². The molecule has 150 valence electrons. The van der Waals surface area contributed by atoms with Crippen LogP contribution in [0.4, 0.5) is 5.82 Å². The van der Waals surface area contributed by atoms with Crippen LogP contribution in [0, 0.1) is 6.92 Å². The van der Waals surface area contributed by atoms with Crippen LogP contribution in [-0.4, -0.2) is 45.8 Å². The van der Waals surface area contributed by atoms with Crippen molar-refractivity contribution in [3.05, 3.63) is 33.7 Å². The molecule has 3 heterocycles. The van der Waals surface area contributed by atoms with Crippen LogP contribution in [0.1, 0.15) is 61.0 Å². The summed E-state index contributed by atoms with van der Waals surface area (Å²) < 4.78 is 7.09. The number of carbonyl (C=O) groups excluding carboxylic acids is 1. The molecule has 2 atom stereocenters. The molecule has 0 aromatic carbocycles. The number of nitrogens with one attached hydrogen (secondary N) is 1. The van der Waals surface area contributed by atoms with Gasteiger partial charge in [0.05, 0.1) is 29.8 Å². The standard InChI is InChI=1S/C21H27N3O4/c1-12-15-10-22-19(23-16-7-8-28-11-18(16)26)9-17(15)24(14-5-3-4-6-14)21(27)20(12)13(2)25/h9-10,14,16,18,26H,3-8,11H2,1-2H3,(H,22,23). The fourth-order valence-corrected chi connectivity index (χ4v) is 4.56. The van der Waals surface area contributed by atoms with Crippen molar-refractivity contribution in [1.82, 2.24) is 9.55 Å². The zero-order valence-corrected chi connectivity index (χ0v) is 16.4. The Morgan fingerprint density at radius 1 is 1.32 bits per heavy atom. The minimum absolute atomic E-state index is 0.109. The number of fused-ring (bicyclic) bond motifs is 1. The van der Waals surface area contributed by atoms with Gasteiger partial charge in [-0.05, 0) is 38.7 Å². The number of aromatic nitrogens is 2. The van der Waals surface area contributed by atoms with Gasteiger partial charge in [-0.1, -0.05) is 12.8 Å². The number of nitrogens with zero attached hydrogens (tertiary/aromatic N) is 2. The van der Waals surface area contributed by atoms with Gasteiger partial charge in [-0.25, -0.2) is 4.98 Å². The molecule has 1 saturated carbocycles. The van der Waals surface area contributed by atoms with Crippen molar-refractivity contribution in [2.45, 2.75) is 64.1 Å². The Morgan fingerprint density at radius 2 is 2.07 bits per heavy atom. The van der Waals surface area contributed by atoms with Crippen LogP contribution in [0.3, 0.4) is 0 Å². The van der Waals surface area contributed by atoms with Gasteiger partial charge in [0.2, 0.25) is 0 Å². The fourth-order valence-electron chi connectivity index (χ4n) is 4.56. The molecular formula is C21H27N3O4. The number of anilines is 1. The number of hydrogen-bond acceptors (Lipinski definition) is 6. The lowest BCUT2D eigenvalue weighted by Gasteiger charge is -2.29. The Labute approximate surface area is 163 Å². The minimum atomic E-state index is -0.593. The van der Waals surface area contributed by atoms with E-state index in [2.05, 4.69) is 10.3 Å². The summed E-state index contributed by atoms with van der Waals surface area (Å²) in [5.74, 6) is 0.420. The molecule has 0 radical (unpaired) electrons. The number of rotatable bonds is 4. The third kappa shape index (κ3) is 3.33. The average Bonchev–Trinajstić information content (AvgIpc) is 3.17. The zero-order valence-electron chi connectivity index (χ0n) is 16.4. The maximum absolute atomic E-state index is 13.2. The number of ether oxygens (including phenoxy) is 1. The van der Waals surface area contributed by atoms with Gasteiger partial charge in [0.15, 0.2) is 5.78 Å². The normalized spacial score (nSPS) is 23.2. The molecule has 2 N–H and O–H groups in total. The molecule has 4 rings (SSSR count). The first kappa shape index (κ1) is 19.1. The first-order chi connectivity index (χ1) is 13.5. The summed E-state index contributed by atoms with van der Waals surface area (Å²) in [6.45, 7) is 4.16. The van der Waals surface area contributed by atoms with E-state index >= 15 is 0 Å². The van der Waals surface area contributed by atoms with Gasteiger partial charge in [0.25, 0.3) is 5.56 Å². The quantitative estimate of drug-likeness (QED) is 0.786. The van der Waals surface area contributed by atoms with E-state index in [0.717, 1.165) is 36.6 Å². The molecule has 1 aliphatic carbocycles. The lowest BCUT2D eigenvalue weighted by Crippen LogP contribution is -2.42. The Balaban J connectivity index is 1.84. The summed E-state index contributed by atoms with van der Waals surface area (Å²) in [4.78, 5) is 29.9. The zero-order chi connectivity index (χ0) is 19.8. The number of Topliss-reactive ketones (excluding diaryl/α,β-unsaturated/α-hetero) is 1. The van der Waals surface area contributed by atoms with Crippen LogP contribution in [-0.2, 0) is 4.74 Å². The molecule has 1 saturated heterocycles. The van der Waals surface area contributed by atoms with Crippen molar-refractivity contribution in [2.24, 2.45) is 0 Å². The maximum atomic E-state index is 13.2. The topological polar surface area (TPSA) is 93.4 Å². The SMILES string of the molecule is CC(=O)c1c(C)c2cnc(NC3CCOCC3O)cc2n(C2CCCC2)c1=O. The van der Waals surface area contributed by atoms with Gasteiger partial charge >= 0.3 is 0 Å². The number of aliphatic hydroxyl groups excluding tert-OH is 1. The van der Waals surface area contributed by atoms with Crippen LogP contribution in [0.25, 0.3) is 10.9 Å². The first-order valence-corrected chi connectivity index (χ1v) is 10.1. The Morgan fingerprint density at radius 3 is 2.75 bits per heavy atom. The molecular weight excluding hydrogens is 358 g/mol. The highest BCUT2D eigenvalue weighted by molar-refractivity contribution is 6.00. The molecule has 2 unspecified atom stereocenters. The van der Waals surface area contributed by atoms with E-state index in [0.29, 0.717) is 31.0 Å². The van der Waals surface area contributed by atoms with Crippen LogP contribution in [0.5, 0.6) is 0 Å². The largest absolute Gasteiger partial charge is 0.389 e. The average molecular weight is 385 g/mol. The molecule has 2 aromatic heterocycles. The highest BCUT2D eigenvalue weighted by atomic mass is 16.5. The third-order valence-electron chi connectivity index (χ3n) is 6.05. The fraction of sp³-hybridized carbons (Fsp3) is 0.571.